The Morgan fingerprint density at radius 3 is 2.88 bits per heavy atom. The van der Waals surface area contributed by atoms with Crippen LogP contribution in [0.2, 0.25) is 0 Å². The van der Waals surface area contributed by atoms with Gasteiger partial charge in [-0.2, -0.15) is 0 Å². The molecule has 1 unspecified atom stereocenters. The number of hydrogen-bond acceptors (Lipinski definition) is 5. The van der Waals surface area contributed by atoms with Gasteiger partial charge in [0.05, 0.1) is 16.9 Å². The van der Waals surface area contributed by atoms with Crippen LogP contribution < -0.4 is 5.56 Å². The number of halogens is 1. The molecule has 126 valence electrons. The van der Waals surface area contributed by atoms with Crippen LogP contribution >= 0.6 is 39.0 Å². The minimum atomic E-state index is -0.132. The molecule has 0 aliphatic rings. The van der Waals surface area contributed by atoms with Gasteiger partial charge in [0.1, 0.15) is 16.4 Å². The maximum Gasteiger partial charge on any atom is 0.260 e. The summed E-state index contributed by atoms with van der Waals surface area (Å²) in [5, 5.41) is 2.52. The lowest BCUT2D eigenvalue weighted by atomic mass is 10.2. The van der Waals surface area contributed by atoms with E-state index in [4.69, 9.17) is 4.42 Å². The summed E-state index contributed by atoms with van der Waals surface area (Å²) in [6.45, 7) is 2.04. The third-order valence-corrected chi connectivity index (χ3v) is 6.79. The zero-order valence-corrected chi connectivity index (χ0v) is 16.4. The first-order valence-corrected chi connectivity index (χ1v) is 10.1. The summed E-state index contributed by atoms with van der Waals surface area (Å²) in [5.41, 5.74) is 0.656. The number of H-pyrrole nitrogens is 1. The van der Waals surface area contributed by atoms with Crippen molar-refractivity contribution in [1.29, 1.82) is 0 Å². The fourth-order valence-corrected chi connectivity index (χ4v) is 5.00. The number of fused-ring (bicyclic) bond motifs is 1. The predicted octanol–water partition coefficient (Wildman–Crippen LogP) is 5.86. The molecule has 1 aromatic carbocycles. The molecule has 0 aliphatic carbocycles. The average molecular weight is 433 g/mol. The first-order valence-electron chi connectivity index (χ1n) is 7.60. The number of benzene rings is 1. The zero-order chi connectivity index (χ0) is 17.4. The number of aromatic amines is 1. The predicted molar refractivity (Wildman–Crippen MR) is 106 cm³/mol. The van der Waals surface area contributed by atoms with Crippen LogP contribution in [0.15, 0.2) is 66.6 Å². The third-order valence-electron chi connectivity index (χ3n) is 3.77. The fraction of sp³-hybridized carbons (Fsp3) is 0.111. The molecule has 3 aromatic heterocycles. The number of nitrogens with one attached hydrogen (secondary N) is 1. The zero-order valence-electron chi connectivity index (χ0n) is 13.2. The number of rotatable bonds is 4. The van der Waals surface area contributed by atoms with Gasteiger partial charge in [0.2, 0.25) is 0 Å². The highest BCUT2D eigenvalue weighted by Gasteiger charge is 2.18. The van der Waals surface area contributed by atoms with Gasteiger partial charge in [0.25, 0.3) is 5.56 Å². The normalized spacial score (nSPS) is 12.6. The molecule has 0 radical (unpaired) electrons. The molecule has 0 bridgehead atoms. The van der Waals surface area contributed by atoms with Gasteiger partial charge in [-0.15, -0.1) is 23.1 Å². The van der Waals surface area contributed by atoms with Crippen LogP contribution in [0.4, 0.5) is 0 Å². The molecule has 0 aliphatic heterocycles. The van der Waals surface area contributed by atoms with Crippen molar-refractivity contribution in [2.45, 2.75) is 17.1 Å². The van der Waals surface area contributed by atoms with E-state index in [0.29, 0.717) is 17.0 Å². The minimum absolute atomic E-state index is 0.0185. The lowest BCUT2D eigenvalue weighted by molar-refractivity contribution is 0.583. The van der Waals surface area contributed by atoms with E-state index in [1.165, 1.54) is 11.3 Å². The summed E-state index contributed by atoms with van der Waals surface area (Å²) in [6, 6.07) is 11.7. The lowest BCUT2D eigenvalue weighted by Crippen LogP contribution is -2.12. The van der Waals surface area contributed by atoms with Crippen molar-refractivity contribution >= 4 is 49.2 Å². The highest BCUT2D eigenvalue weighted by atomic mass is 79.9. The Morgan fingerprint density at radius 1 is 1.28 bits per heavy atom. The molecule has 0 fully saturated rings. The van der Waals surface area contributed by atoms with E-state index < -0.39 is 0 Å². The standard InChI is InChI=1S/C18H13BrN2O2S2/c1-10(25-14-7-3-2-5-12(14)19)16-20-17(22)15-11(9-24-18(15)21-16)13-6-4-8-23-13/h2-10H,1H3,(H,20,21,22). The van der Waals surface area contributed by atoms with Crippen LogP contribution in [0.5, 0.6) is 0 Å². The Labute approximate surface area is 160 Å². The van der Waals surface area contributed by atoms with E-state index in [1.54, 1.807) is 18.0 Å². The average Bonchev–Trinajstić information content (AvgIpc) is 3.25. The summed E-state index contributed by atoms with van der Waals surface area (Å²) in [4.78, 5) is 22.1. The van der Waals surface area contributed by atoms with Gasteiger partial charge in [0.15, 0.2) is 0 Å². The molecule has 3 heterocycles. The van der Waals surface area contributed by atoms with Crippen molar-refractivity contribution in [2.75, 3.05) is 0 Å². The Kier molecular flexibility index (Phi) is 4.54. The van der Waals surface area contributed by atoms with Gasteiger partial charge in [-0.05, 0) is 47.1 Å². The molecule has 0 amide bonds. The maximum absolute atomic E-state index is 12.7. The SMILES string of the molecule is CC(Sc1ccccc1Br)c1nc2scc(-c3ccco3)c2c(=O)[nH]1. The van der Waals surface area contributed by atoms with Crippen molar-refractivity contribution in [2.24, 2.45) is 0 Å². The van der Waals surface area contributed by atoms with Crippen LogP contribution in [0.1, 0.15) is 18.0 Å². The van der Waals surface area contributed by atoms with E-state index in [9.17, 15) is 4.79 Å². The molecule has 4 nitrogen and oxygen atoms in total. The van der Waals surface area contributed by atoms with E-state index in [0.717, 1.165) is 19.8 Å². The molecule has 4 aromatic rings. The second kappa shape index (κ2) is 6.82. The topological polar surface area (TPSA) is 58.9 Å². The molecular weight excluding hydrogens is 420 g/mol. The Morgan fingerprint density at radius 2 is 2.12 bits per heavy atom. The second-order valence-electron chi connectivity index (χ2n) is 5.45. The van der Waals surface area contributed by atoms with Crippen LogP contribution in [0.25, 0.3) is 21.5 Å². The quantitative estimate of drug-likeness (QED) is 0.410. The molecule has 0 spiro atoms. The summed E-state index contributed by atoms with van der Waals surface area (Å²) in [7, 11) is 0. The first-order chi connectivity index (χ1) is 12.1. The summed E-state index contributed by atoms with van der Waals surface area (Å²) < 4.78 is 6.46. The largest absolute Gasteiger partial charge is 0.464 e. The Balaban J connectivity index is 1.72. The van der Waals surface area contributed by atoms with E-state index in [1.807, 2.05) is 48.7 Å². The number of nitrogens with zero attached hydrogens (tertiary/aromatic N) is 1. The summed E-state index contributed by atoms with van der Waals surface area (Å²) >= 11 is 6.66. The van der Waals surface area contributed by atoms with Crippen molar-refractivity contribution in [3.8, 4) is 11.3 Å². The number of aromatic nitrogens is 2. The van der Waals surface area contributed by atoms with Gasteiger partial charge in [-0.3, -0.25) is 4.79 Å². The van der Waals surface area contributed by atoms with Crippen molar-refractivity contribution in [1.82, 2.24) is 9.97 Å². The molecule has 0 saturated carbocycles. The number of thiophene rings is 1. The van der Waals surface area contributed by atoms with Gasteiger partial charge in [-0.1, -0.05) is 12.1 Å². The maximum atomic E-state index is 12.7. The highest BCUT2D eigenvalue weighted by Crippen LogP contribution is 2.38. The number of furan rings is 1. The summed E-state index contributed by atoms with van der Waals surface area (Å²) in [6.07, 6.45) is 1.60. The van der Waals surface area contributed by atoms with Gasteiger partial charge >= 0.3 is 0 Å². The van der Waals surface area contributed by atoms with Gasteiger partial charge < -0.3 is 9.40 Å². The van der Waals surface area contributed by atoms with Gasteiger partial charge in [-0.25, -0.2) is 4.98 Å². The molecule has 25 heavy (non-hydrogen) atoms. The molecular formula is C18H13BrN2O2S2. The fourth-order valence-electron chi connectivity index (χ4n) is 2.56. The number of hydrogen-bond donors (Lipinski definition) is 1. The Hall–Kier alpha value is -1.83. The smallest absolute Gasteiger partial charge is 0.260 e. The van der Waals surface area contributed by atoms with Crippen LogP contribution in [-0.2, 0) is 0 Å². The molecule has 7 heteroatoms. The monoisotopic (exact) mass is 432 g/mol. The number of thioether (sulfide) groups is 1. The van der Waals surface area contributed by atoms with Crippen molar-refractivity contribution in [3.05, 3.63) is 68.7 Å². The van der Waals surface area contributed by atoms with E-state index in [2.05, 4.69) is 25.9 Å². The Bertz CT molecular complexity index is 1090. The molecule has 4 rings (SSSR count). The van der Waals surface area contributed by atoms with Crippen LogP contribution in [-0.4, -0.2) is 9.97 Å². The van der Waals surface area contributed by atoms with Crippen molar-refractivity contribution < 1.29 is 4.42 Å². The van der Waals surface area contributed by atoms with Gasteiger partial charge in [0, 0.05) is 20.3 Å². The van der Waals surface area contributed by atoms with Crippen LogP contribution in [0, 0.1) is 0 Å². The lowest BCUT2D eigenvalue weighted by Gasteiger charge is -2.11. The molecule has 0 saturated heterocycles. The third kappa shape index (κ3) is 3.19. The highest BCUT2D eigenvalue weighted by molar-refractivity contribution is 9.10. The minimum Gasteiger partial charge on any atom is -0.464 e. The van der Waals surface area contributed by atoms with Crippen LogP contribution in [0.3, 0.4) is 0 Å². The molecule has 1 atom stereocenters. The molecule has 1 N–H and O–H groups in total. The van der Waals surface area contributed by atoms with E-state index in [-0.39, 0.29) is 10.8 Å². The van der Waals surface area contributed by atoms with E-state index >= 15 is 0 Å². The summed E-state index contributed by atoms with van der Waals surface area (Å²) in [5.74, 6) is 1.35. The van der Waals surface area contributed by atoms with Crippen molar-refractivity contribution in [3.63, 3.8) is 0 Å². The second-order valence-corrected chi connectivity index (χ2v) is 8.54. The first kappa shape index (κ1) is 16.6.